The quantitative estimate of drug-likeness (QED) is 0.633. The Morgan fingerprint density at radius 2 is 1.36 bits per heavy atom. The van der Waals surface area contributed by atoms with Crippen LogP contribution in [-0.4, -0.2) is 64.6 Å². The van der Waals surface area contributed by atoms with Crippen molar-refractivity contribution in [2.75, 3.05) is 6.61 Å². The van der Waals surface area contributed by atoms with Crippen LogP contribution in [0.25, 0.3) is 0 Å². The van der Waals surface area contributed by atoms with Crippen LogP contribution in [0.3, 0.4) is 0 Å². The minimum absolute atomic E-state index is 0.232. The molecule has 0 unspecified atom stereocenters. The highest BCUT2D eigenvalue weighted by molar-refractivity contribution is 5.90. The fraction of sp³-hybridized carbons (Fsp3) is 0.300. The molecule has 5 atom stereocenters. The molecule has 3 N–H and O–H groups in total. The van der Waals surface area contributed by atoms with Gasteiger partial charge in [0.2, 0.25) is 0 Å². The zero-order valence-electron chi connectivity index (χ0n) is 14.8. The smallest absolute Gasteiger partial charge is 0.338 e. The Morgan fingerprint density at radius 3 is 1.93 bits per heavy atom. The van der Waals surface area contributed by atoms with Crippen molar-refractivity contribution in [3.63, 3.8) is 0 Å². The Hall–Kier alpha value is -2.78. The number of esters is 2. The summed E-state index contributed by atoms with van der Waals surface area (Å²) in [6.07, 6.45) is -7.56. The molecular formula is C20H20O8. The summed E-state index contributed by atoms with van der Waals surface area (Å²) in [6.45, 7) is -0.401. The van der Waals surface area contributed by atoms with Crippen LogP contribution < -0.4 is 0 Å². The van der Waals surface area contributed by atoms with E-state index in [2.05, 4.69) is 0 Å². The van der Waals surface area contributed by atoms with Crippen molar-refractivity contribution in [1.29, 1.82) is 0 Å². The number of hydrogen-bond donors (Lipinski definition) is 3. The van der Waals surface area contributed by atoms with Crippen LogP contribution >= 0.6 is 0 Å². The molecule has 8 nitrogen and oxygen atoms in total. The van der Waals surface area contributed by atoms with Crippen LogP contribution in [-0.2, 0) is 14.2 Å². The van der Waals surface area contributed by atoms with Gasteiger partial charge in [-0.1, -0.05) is 36.4 Å². The van der Waals surface area contributed by atoms with E-state index in [-0.39, 0.29) is 5.56 Å². The summed E-state index contributed by atoms with van der Waals surface area (Å²) in [4.78, 5) is 24.4. The summed E-state index contributed by atoms with van der Waals surface area (Å²) in [5.74, 6) is -1.40. The van der Waals surface area contributed by atoms with E-state index in [9.17, 15) is 24.9 Å². The molecule has 1 heterocycles. The molecule has 8 heteroatoms. The van der Waals surface area contributed by atoms with Crippen molar-refractivity contribution >= 4 is 11.9 Å². The highest BCUT2D eigenvalue weighted by Crippen LogP contribution is 2.24. The minimum Gasteiger partial charge on any atom is -0.459 e. The standard InChI is InChI=1S/C20H20O8/c21-15-16(22)20(25)27-14(11-26-18(23)12-7-3-1-4-8-12)17(15)28-19(24)13-9-5-2-6-10-13/h1-10,14-17,20-22,25H,11H2/t14-,15-,16-,17-,20-/m1/s1. The average Bonchev–Trinajstić information content (AvgIpc) is 2.73. The van der Waals surface area contributed by atoms with Gasteiger partial charge in [0.15, 0.2) is 12.4 Å². The van der Waals surface area contributed by atoms with Gasteiger partial charge in [-0.05, 0) is 24.3 Å². The molecule has 0 amide bonds. The van der Waals surface area contributed by atoms with Gasteiger partial charge in [-0.25, -0.2) is 9.59 Å². The molecular weight excluding hydrogens is 368 g/mol. The Morgan fingerprint density at radius 1 is 0.821 bits per heavy atom. The summed E-state index contributed by atoms with van der Waals surface area (Å²) in [7, 11) is 0. The van der Waals surface area contributed by atoms with Gasteiger partial charge in [0.25, 0.3) is 0 Å². The van der Waals surface area contributed by atoms with Gasteiger partial charge in [0.1, 0.15) is 24.9 Å². The van der Waals surface area contributed by atoms with E-state index in [1.54, 1.807) is 48.5 Å². The minimum atomic E-state index is -1.72. The number of hydrogen-bond acceptors (Lipinski definition) is 8. The van der Waals surface area contributed by atoms with E-state index in [0.29, 0.717) is 5.56 Å². The van der Waals surface area contributed by atoms with Gasteiger partial charge in [-0.2, -0.15) is 0 Å². The van der Waals surface area contributed by atoms with Crippen molar-refractivity contribution < 1.29 is 39.1 Å². The third-order valence-electron chi connectivity index (χ3n) is 4.30. The molecule has 1 saturated heterocycles. The molecule has 3 rings (SSSR count). The van der Waals surface area contributed by atoms with Gasteiger partial charge in [0, 0.05) is 0 Å². The molecule has 28 heavy (non-hydrogen) atoms. The summed E-state index contributed by atoms with van der Waals surface area (Å²) < 4.78 is 15.6. The van der Waals surface area contributed by atoms with Crippen molar-refractivity contribution in [2.45, 2.75) is 30.7 Å². The zero-order chi connectivity index (χ0) is 20.1. The number of ether oxygens (including phenoxy) is 3. The van der Waals surface area contributed by atoms with Crippen molar-refractivity contribution in [3.05, 3.63) is 71.8 Å². The maximum absolute atomic E-state index is 12.3. The fourth-order valence-corrected chi connectivity index (χ4v) is 2.78. The Labute approximate surface area is 160 Å². The number of carbonyl (C=O) groups is 2. The van der Waals surface area contributed by atoms with Crippen LogP contribution in [0.15, 0.2) is 60.7 Å². The third-order valence-corrected chi connectivity index (χ3v) is 4.30. The number of benzene rings is 2. The summed E-state index contributed by atoms with van der Waals surface area (Å²) >= 11 is 0. The molecule has 1 fully saturated rings. The van der Waals surface area contributed by atoms with E-state index < -0.39 is 49.3 Å². The lowest BCUT2D eigenvalue weighted by molar-refractivity contribution is -0.285. The Balaban J connectivity index is 1.70. The molecule has 0 aliphatic carbocycles. The van der Waals surface area contributed by atoms with E-state index >= 15 is 0 Å². The number of aliphatic hydroxyl groups excluding tert-OH is 3. The molecule has 0 spiro atoms. The molecule has 1 aliphatic heterocycles. The van der Waals surface area contributed by atoms with Crippen molar-refractivity contribution in [2.24, 2.45) is 0 Å². The Bertz CT molecular complexity index is 794. The van der Waals surface area contributed by atoms with Crippen LogP contribution in [0.1, 0.15) is 20.7 Å². The summed E-state index contributed by atoms with van der Waals surface area (Å²) in [5, 5.41) is 29.9. The van der Waals surface area contributed by atoms with Crippen LogP contribution in [0.2, 0.25) is 0 Å². The second-order valence-corrected chi connectivity index (χ2v) is 6.25. The highest BCUT2D eigenvalue weighted by atomic mass is 16.7. The maximum atomic E-state index is 12.3. The SMILES string of the molecule is O=C(OC[C@H]1O[C@@H](O)[C@H](O)[C@@H](O)[C@@H]1OC(=O)c1ccccc1)c1ccccc1. The van der Waals surface area contributed by atoms with Gasteiger partial charge in [-0.15, -0.1) is 0 Å². The molecule has 148 valence electrons. The summed E-state index contributed by atoms with van der Waals surface area (Å²) in [5.41, 5.74) is 0.535. The van der Waals surface area contributed by atoms with E-state index in [0.717, 1.165) is 0 Å². The monoisotopic (exact) mass is 388 g/mol. The van der Waals surface area contributed by atoms with Crippen LogP contribution in [0, 0.1) is 0 Å². The Kier molecular flexibility index (Phi) is 6.37. The number of aliphatic hydroxyl groups is 3. The number of carbonyl (C=O) groups excluding carboxylic acids is 2. The molecule has 1 aliphatic rings. The lowest BCUT2D eigenvalue weighted by Crippen LogP contribution is -2.60. The zero-order valence-corrected chi connectivity index (χ0v) is 14.8. The first-order valence-electron chi connectivity index (χ1n) is 8.65. The normalized spacial score (nSPS) is 27.0. The topological polar surface area (TPSA) is 123 Å². The van der Waals surface area contributed by atoms with Crippen LogP contribution in [0.4, 0.5) is 0 Å². The molecule has 0 aromatic heterocycles. The van der Waals surface area contributed by atoms with Gasteiger partial charge in [0.05, 0.1) is 11.1 Å². The highest BCUT2D eigenvalue weighted by Gasteiger charge is 2.46. The predicted molar refractivity (Wildman–Crippen MR) is 95.3 cm³/mol. The lowest BCUT2D eigenvalue weighted by Gasteiger charge is -2.39. The van der Waals surface area contributed by atoms with Gasteiger partial charge < -0.3 is 29.5 Å². The third kappa shape index (κ3) is 4.55. The molecule has 0 radical (unpaired) electrons. The predicted octanol–water partition coefficient (Wildman–Crippen LogP) is 0.508. The molecule has 0 bridgehead atoms. The summed E-state index contributed by atoms with van der Waals surface area (Å²) in [6, 6.07) is 16.3. The number of rotatable bonds is 5. The van der Waals surface area contributed by atoms with Gasteiger partial charge in [-0.3, -0.25) is 0 Å². The maximum Gasteiger partial charge on any atom is 0.338 e. The van der Waals surface area contributed by atoms with Crippen molar-refractivity contribution in [3.8, 4) is 0 Å². The molecule has 2 aromatic carbocycles. The first-order chi connectivity index (χ1) is 13.5. The van der Waals surface area contributed by atoms with E-state index in [1.165, 1.54) is 12.1 Å². The first kappa shape index (κ1) is 20.0. The lowest BCUT2D eigenvalue weighted by atomic mass is 9.99. The van der Waals surface area contributed by atoms with Crippen LogP contribution in [0.5, 0.6) is 0 Å². The van der Waals surface area contributed by atoms with E-state index in [1.807, 2.05) is 0 Å². The molecule has 0 saturated carbocycles. The largest absolute Gasteiger partial charge is 0.459 e. The first-order valence-corrected chi connectivity index (χ1v) is 8.65. The van der Waals surface area contributed by atoms with Crippen molar-refractivity contribution in [1.82, 2.24) is 0 Å². The van der Waals surface area contributed by atoms with Gasteiger partial charge >= 0.3 is 11.9 Å². The molecule has 2 aromatic rings. The second kappa shape index (κ2) is 8.94. The second-order valence-electron chi connectivity index (χ2n) is 6.25. The van der Waals surface area contributed by atoms with E-state index in [4.69, 9.17) is 14.2 Å². The fourth-order valence-electron chi connectivity index (χ4n) is 2.78. The average molecular weight is 388 g/mol.